The summed E-state index contributed by atoms with van der Waals surface area (Å²) in [4.78, 5) is 15.9. The molecular weight excluding hydrogens is 328 g/mol. The van der Waals surface area contributed by atoms with Crippen LogP contribution >= 0.6 is 0 Å². The van der Waals surface area contributed by atoms with Gasteiger partial charge in [-0.15, -0.1) is 0 Å². The van der Waals surface area contributed by atoms with E-state index < -0.39 is 0 Å². The molecular formula is C20H18N4O2. The monoisotopic (exact) mass is 346 g/mol. The number of hydrogen-bond acceptors (Lipinski definition) is 6. The van der Waals surface area contributed by atoms with Gasteiger partial charge in [-0.1, -0.05) is 30.3 Å². The first-order valence-electron chi connectivity index (χ1n) is 8.74. The van der Waals surface area contributed by atoms with E-state index >= 15 is 0 Å². The molecule has 3 aromatic heterocycles. The van der Waals surface area contributed by atoms with Crippen molar-refractivity contribution < 1.29 is 9.15 Å². The first kappa shape index (κ1) is 15.3. The van der Waals surface area contributed by atoms with Crippen molar-refractivity contribution in [1.82, 2.24) is 15.0 Å². The number of furan rings is 1. The normalized spacial score (nSPS) is 15.0. The quantitative estimate of drug-likeness (QED) is 0.553. The Balaban J connectivity index is 1.72. The summed E-state index contributed by atoms with van der Waals surface area (Å²) in [7, 11) is 0. The fraction of sp³-hybridized carbons (Fsp3) is 0.250. The Labute approximate surface area is 150 Å². The smallest absolute Gasteiger partial charge is 0.230 e. The summed E-state index contributed by atoms with van der Waals surface area (Å²) in [6.45, 7) is 5.06. The largest absolute Gasteiger partial charge is 0.432 e. The van der Waals surface area contributed by atoms with E-state index in [0.29, 0.717) is 24.5 Å². The number of hydrogen-bond donors (Lipinski definition) is 0. The molecule has 6 nitrogen and oxygen atoms in total. The van der Waals surface area contributed by atoms with Crippen LogP contribution in [0.5, 0.6) is 0 Å². The molecule has 1 aromatic carbocycles. The van der Waals surface area contributed by atoms with Crippen LogP contribution in [0.15, 0.2) is 47.1 Å². The van der Waals surface area contributed by atoms with Gasteiger partial charge in [0.2, 0.25) is 5.71 Å². The van der Waals surface area contributed by atoms with E-state index in [0.717, 1.165) is 46.6 Å². The number of benzene rings is 1. The maximum Gasteiger partial charge on any atom is 0.230 e. The number of ether oxygens (including phenoxy) is 1. The molecule has 0 unspecified atom stereocenters. The van der Waals surface area contributed by atoms with E-state index in [1.54, 1.807) is 6.33 Å². The third kappa shape index (κ3) is 2.42. The molecule has 130 valence electrons. The lowest BCUT2D eigenvalue weighted by Crippen LogP contribution is -2.36. The van der Waals surface area contributed by atoms with Gasteiger partial charge in [0.25, 0.3) is 0 Å². The Morgan fingerprint density at radius 3 is 2.65 bits per heavy atom. The van der Waals surface area contributed by atoms with Gasteiger partial charge in [-0.3, -0.25) is 0 Å². The van der Waals surface area contributed by atoms with E-state index in [9.17, 15) is 0 Å². The van der Waals surface area contributed by atoms with Crippen LogP contribution in [0.3, 0.4) is 0 Å². The number of anilines is 1. The zero-order valence-corrected chi connectivity index (χ0v) is 14.5. The van der Waals surface area contributed by atoms with Crippen molar-refractivity contribution in [3.63, 3.8) is 0 Å². The number of aromatic nitrogens is 3. The lowest BCUT2D eigenvalue weighted by atomic mass is 10.1. The average Bonchev–Trinajstić information content (AvgIpc) is 3.08. The number of morpholine rings is 1. The van der Waals surface area contributed by atoms with Gasteiger partial charge >= 0.3 is 0 Å². The highest BCUT2D eigenvalue weighted by molar-refractivity contribution is 6.06. The number of aryl methyl sites for hydroxylation is 1. The van der Waals surface area contributed by atoms with Crippen LogP contribution in [0.2, 0.25) is 0 Å². The Kier molecular flexibility index (Phi) is 3.57. The van der Waals surface area contributed by atoms with E-state index in [1.807, 2.05) is 18.2 Å². The number of rotatable bonds is 2. The minimum absolute atomic E-state index is 0.605. The van der Waals surface area contributed by atoms with Gasteiger partial charge in [-0.2, -0.15) is 0 Å². The second-order valence-corrected chi connectivity index (χ2v) is 6.45. The van der Waals surface area contributed by atoms with Crippen molar-refractivity contribution in [2.45, 2.75) is 6.92 Å². The summed E-state index contributed by atoms with van der Waals surface area (Å²) in [6, 6.07) is 12.2. The molecule has 0 N–H and O–H groups in total. The minimum Gasteiger partial charge on any atom is -0.432 e. The molecule has 1 saturated heterocycles. The molecule has 4 aromatic rings. The van der Waals surface area contributed by atoms with Crippen molar-refractivity contribution in [2.24, 2.45) is 0 Å². The molecule has 26 heavy (non-hydrogen) atoms. The SMILES string of the molecule is Cc1cc(-c2ccccc2)nc2oc3c(N4CCOCC4)ncnc3c12. The van der Waals surface area contributed by atoms with Crippen LogP contribution in [0.25, 0.3) is 33.5 Å². The maximum absolute atomic E-state index is 6.16. The zero-order valence-electron chi connectivity index (χ0n) is 14.5. The fourth-order valence-electron chi connectivity index (χ4n) is 3.50. The van der Waals surface area contributed by atoms with Crippen molar-refractivity contribution in [2.75, 3.05) is 31.2 Å². The second-order valence-electron chi connectivity index (χ2n) is 6.45. The van der Waals surface area contributed by atoms with Crippen LogP contribution in [-0.4, -0.2) is 41.3 Å². The molecule has 1 aliphatic rings. The molecule has 0 aliphatic carbocycles. The molecule has 0 spiro atoms. The minimum atomic E-state index is 0.605. The number of fused-ring (bicyclic) bond motifs is 3. The van der Waals surface area contributed by atoms with Gasteiger partial charge in [-0.25, -0.2) is 15.0 Å². The highest BCUT2D eigenvalue weighted by Crippen LogP contribution is 2.35. The van der Waals surface area contributed by atoms with Crippen LogP contribution in [0, 0.1) is 6.92 Å². The molecule has 1 fully saturated rings. The van der Waals surface area contributed by atoms with E-state index in [4.69, 9.17) is 14.1 Å². The number of nitrogens with zero attached hydrogens (tertiary/aromatic N) is 4. The average molecular weight is 346 g/mol. The summed E-state index contributed by atoms with van der Waals surface area (Å²) in [5, 5.41) is 0.955. The lowest BCUT2D eigenvalue weighted by Gasteiger charge is -2.27. The van der Waals surface area contributed by atoms with Crippen LogP contribution in [0.4, 0.5) is 5.82 Å². The molecule has 1 aliphatic heterocycles. The molecule has 0 amide bonds. The summed E-state index contributed by atoms with van der Waals surface area (Å²) in [5.74, 6) is 0.817. The Morgan fingerprint density at radius 2 is 1.85 bits per heavy atom. The van der Waals surface area contributed by atoms with Gasteiger partial charge in [0.1, 0.15) is 11.8 Å². The predicted molar refractivity (Wildman–Crippen MR) is 100 cm³/mol. The molecule has 0 saturated carbocycles. The van der Waals surface area contributed by atoms with Crippen molar-refractivity contribution >= 4 is 28.0 Å². The Bertz CT molecular complexity index is 1090. The Morgan fingerprint density at radius 1 is 1.04 bits per heavy atom. The molecule has 5 rings (SSSR count). The first-order chi connectivity index (χ1) is 12.8. The molecule has 0 atom stereocenters. The van der Waals surface area contributed by atoms with Gasteiger partial charge in [0.05, 0.1) is 24.3 Å². The molecule has 6 heteroatoms. The van der Waals surface area contributed by atoms with Crippen LogP contribution in [0.1, 0.15) is 5.56 Å². The lowest BCUT2D eigenvalue weighted by molar-refractivity contribution is 0.122. The number of pyridine rings is 1. The topological polar surface area (TPSA) is 64.3 Å². The highest BCUT2D eigenvalue weighted by atomic mass is 16.5. The van der Waals surface area contributed by atoms with Gasteiger partial charge in [0.15, 0.2) is 11.4 Å². The van der Waals surface area contributed by atoms with Crippen molar-refractivity contribution in [3.8, 4) is 11.3 Å². The summed E-state index contributed by atoms with van der Waals surface area (Å²) < 4.78 is 11.6. The summed E-state index contributed by atoms with van der Waals surface area (Å²) >= 11 is 0. The summed E-state index contributed by atoms with van der Waals surface area (Å²) in [5.41, 5.74) is 5.19. The maximum atomic E-state index is 6.16. The fourth-order valence-corrected chi connectivity index (χ4v) is 3.50. The molecule has 0 bridgehead atoms. The van der Waals surface area contributed by atoms with E-state index in [1.165, 1.54) is 0 Å². The summed E-state index contributed by atoms with van der Waals surface area (Å²) in [6.07, 6.45) is 1.60. The van der Waals surface area contributed by atoms with Crippen LogP contribution in [-0.2, 0) is 4.74 Å². The van der Waals surface area contributed by atoms with Gasteiger partial charge < -0.3 is 14.1 Å². The standard InChI is InChI=1S/C20H18N4O2/c1-13-11-15(14-5-3-2-4-6-14)23-20-16(13)17-18(26-20)19(22-12-21-17)24-7-9-25-10-8-24/h2-6,11-12H,7-10H2,1H3. The zero-order chi connectivity index (χ0) is 17.5. The third-order valence-corrected chi connectivity index (χ3v) is 4.78. The molecule has 0 radical (unpaired) electrons. The Hall–Kier alpha value is -2.99. The highest BCUT2D eigenvalue weighted by Gasteiger charge is 2.22. The molecule has 4 heterocycles. The van der Waals surface area contributed by atoms with Crippen LogP contribution < -0.4 is 4.90 Å². The van der Waals surface area contributed by atoms with Gasteiger partial charge in [0, 0.05) is 18.7 Å². The van der Waals surface area contributed by atoms with Crippen molar-refractivity contribution in [1.29, 1.82) is 0 Å². The van der Waals surface area contributed by atoms with E-state index in [-0.39, 0.29) is 0 Å². The third-order valence-electron chi connectivity index (χ3n) is 4.78. The second kappa shape index (κ2) is 6.07. The van der Waals surface area contributed by atoms with E-state index in [2.05, 4.69) is 40.0 Å². The predicted octanol–water partition coefficient (Wildman–Crippen LogP) is 3.58. The van der Waals surface area contributed by atoms with Gasteiger partial charge in [-0.05, 0) is 18.6 Å². The van der Waals surface area contributed by atoms with Crippen molar-refractivity contribution in [3.05, 3.63) is 48.3 Å². The first-order valence-corrected chi connectivity index (χ1v) is 8.74.